The second-order valence-corrected chi connectivity index (χ2v) is 4.36. The number of benzene rings is 1. The summed E-state index contributed by atoms with van der Waals surface area (Å²) in [4.78, 5) is 11.7. The van der Waals surface area contributed by atoms with Gasteiger partial charge in [0.25, 0.3) is 5.91 Å². The normalized spacial score (nSPS) is 12.2. The molecule has 1 atom stereocenters. The number of nitrogens with one attached hydrogen (secondary N) is 1. The molecule has 1 rings (SSSR count). The first-order valence-electron chi connectivity index (χ1n) is 6.18. The third kappa shape index (κ3) is 5.00. The average molecular weight is 235 g/mol. The number of carbonyl (C=O) groups excluding carboxylic acids is 1. The van der Waals surface area contributed by atoms with Crippen LogP contribution in [0.15, 0.2) is 24.3 Å². The molecule has 0 saturated carbocycles. The first-order chi connectivity index (χ1) is 8.13. The summed E-state index contributed by atoms with van der Waals surface area (Å²) in [6.45, 7) is 4.10. The smallest absolute Gasteiger partial charge is 0.251 e. The van der Waals surface area contributed by atoms with E-state index in [4.69, 9.17) is 5.11 Å². The SMILES string of the molecule is CCCCc1ccc(C(=O)NC[C@H](C)O)cc1. The van der Waals surface area contributed by atoms with Crippen molar-refractivity contribution in [1.82, 2.24) is 5.32 Å². The van der Waals surface area contributed by atoms with Gasteiger partial charge in [-0.05, 0) is 37.5 Å². The minimum absolute atomic E-state index is 0.132. The van der Waals surface area contributed by atoms with Crippen LogP contribution < -0.4 is 5.32 Å². The predicted octanol–water partition coefficient (Wildman–Crippen LogP) is 2.14. The summed E-state index contributed by atoms with van der Waals surface area (Å²) in [6.07, 6.45) is 2.90. The van der Waals surface area contributed by atoms with Gasteiger partial charge in [-0.2, -0.15) is 0 Å². The second kappa shape index (κ2) is 7.07. The van der Waals surface area contributed by atoms with Gasteiger partial charge in [0.05, 0.1) is 6.10 Å². The van der Waals surface area contributed by atoms with Crippen LogP contribution in [0.4, 0.5) is 0 Å². The van der Waals surface area contributed by atoms with Crippen molar-refractivity contribution in [2.75, 3.05) is 6.54 Å². The molecule has 1 aromatic carbocycles. The van der Waals surface area contributed by atoms with E-state index in [0.717, 1.165) is 6.42 Å². The minimum Gasteiger partial charge on any atom is -0.392 e. The van der Waals surface area contributed by atoms with Gasteiger partial charge in [0.1, 0.15) is 0 Å². The Bertz CT molecular complexity index is 344. The molecule has 0 spiro atoms. The maximum absolute atomic E-state index is 11.7. The van der Waals surface area contributed by atoms with Crippen molar-refractivity contribution >= 4 is 5.91 Å². The topological polar surface area (TPSA) is 49.3 Å². The first-order valence-corrected chi connectivity index (χ1v) is 6.18. The Hall–Kier alpha value is -1.35. The van der Waals surface area contributed by atoms with Crippen molar-refractivity contribution in [3.8, 4) is 0 Å². The van der Waals surface area contributed by atoms with E-state index in [1.54, 1.807) is 6.92 Å². The van der Waals surface area contributed by atoms with Gasteiger partial charge in [0, 0.05) is 12.1 Å². The first kappa shape index (κ1) is 13.7. The van der Waals surface area contributed by atoms with Gasteiger partial charge in [0.2, 0.25) is 0 Å². The molecular formula is C14H21NO2. The number of aliphatic hydroxyl groups is 1. The molecular weight excluding hydrogens is 214 g/mol. The monoisotopic (exact) mass is 235 g/mol. The number of unbranched alkanes of at least 4 members (excludes halogenated alkanes) is 1. The standard InChI is InChI=1S/C14H21NO2/c1-3-4-5-12-6-8-13(9-7-12)14(17)15-10-11(2)16/h6-9,11,16H,3-5,10H2,1-2H3,(H,15,17)/t11-/m0/s1. The van der Waals surface area contributed by atoms with Gasteiger partial charge in [0.15, 0.2) is 0 Å². The van der Waals surface area contributed by atoms with Crippen molar-refractivity contribution < 1.29 is 9.90 Å². The molecule has 1 amide bonds. The number of amides is 1. The fraction of sp³-hybridized carbons (Fsp3) is 0.500. The van der Waals surface area contributed by atoms with Crippen LogP contribution in [0.5, 0.6) is 0 Å². The molecule has 0 radical (unpaired) electrons. The van der Waals surface area contributed by atoms with Gasteiger partial charge >= 0.3 is 0 Å². The summed E-state index contributed by atoms with van der Waals surface area (Å²) in [7, 11) is 0. The van der Waals surface area contributed by atoms with Crippen LogP contribution in [0, 0.1) is 0 Å². The molecule has 2 N–H and O–H groups in total. The summed E-state index contributed by atoms with van der Waals surface area (Å²) >= 11 is 0. The molecule has 1 aromatic rings. The maximum Gasteiger partial charge on any atom is 0.251 e. The highest BCUT2D eigenvalue weighted by Crippen LogP contribution is 2.07. The molecule has 0 aromatic heterocycles. The van der Waals surface area contributed by atoms with Crippen LogP contribution in [0.25, 0.3) is 0 Å². The van der Waals surface area contributed by atoms with Crippen LogP contribution >= 0.6 is 0 Å². The summed E-state index contributed by atoms with van der Waals surface area (Å²) < 4.78 is 0. The predicted molar refractivity (Wildman–Crippen MR) is 69.1 cm³/mol. The van der Waals surface area contributed by atoms with Crippen molar-refractivity contribution in [3.63, 3.8) is 0 Å². The van der Waals surface area contributed by atoms with Gasteiger partial charge in [-0.3, -0.25) is 4.79 Å². The highest BCUT2D eigenvalue weighted by molar-refractivity contribution is 5.94. The largest absolute Gasteiger partial charge is 0.392 e. The number of rotatable bonds is 6. The molecule has 0 bridgehead atoms. The van der Waals surface area contributed by atoms with Crippen LogP contribution in [-0.4, -0.2) is 23.7 Å². The van der Waals surface area contributed by atoms with Gasteiger partial charge in [-0.25, -0.2) is 0 Å². The van der Waals surface area contributed by atoms with Gasteiger partial charge < -0.3 is 10.4 Å². The number of hydrogen-bond donors (Lipinski definition) is 2. The van der Waals surface area contributed by atoms with Gasteiger partial charge in [-0.15, -0.1) is 0 Å². The molecule has 0 aliphatic heterocycles. The lowest BCUT2D eigenvalue weighted by Crippen LogP contribution is -2.30. The van der Waals surface area contributed by atoms with Crippen molar-refractivity contribution in [2.24, 2.45) is 0 Å². The molecule has 0 heterocycles. The second-order valence-electron chi connectivity index (χ2n) is 4.36. The molecule has 0 unspecified atom stereocenters. The Morgan fingerprint density at radius 1 is 1.35 bits per heavy atom. The molecule has 3 heteroatoms. The molecule has 0 fully saturated rings. The van der Waals surface area contributed by atoms with E-state index in [1.165, 1.54) is 18.4 Å². The Labute approximate surface area is 103 Å². The number of aliphatic hydroxyl groups excluding tert-OH is 1. The molecule has 0 saturated heterocycles. The molecule has 0 aliphatic carbocycles. The third-order valence-electron chi connectivity index (χ3n) is 2.59. The van der Waals surface area contributed by atoms with Crippen LogP contribution in [-0.2, 0) is 6.42 Å². The van der Waals surface area contributed by atoms with E-state index >= 15 is 0 Å². The highest BCUT2D eigenvalue weighted by Gasteiger charge is 2.05. The molecule has 3 nitrogen and oxygen atoms in total. The summed E-state index contributed by atoms with van der Waals surface area (Å²) in [6, 6.07) is 7.66. The van der Waals surface area contributed by atoms with Gasteiger partial charge in [-0.1, -0.05) is 25.5 Å². The van der Waals surface area contributed by atoms with Crippen LogP contribution in [0.2, 0.25) is 0 Å². The molecule has 17 heavy (non-hydrogen) atoms. The Morgan fingerprint density at radius 2 is 2.00 bits per heavy atom. The summed E-state index contributed by atoms with van der Waals surface area (Å²) in [5.74, 6) is -0.132. The third-order valence-corrected chi connectivity index (χ3v) is 2.59. The molecule has 0 aliphatic rings. The number of carbonyl (C=O) groups is 1. The highest BCUT2D eigenvalue weighted by atomic mass is 16.3. The number of hydrogen-bond acceptors (Lipinski definition) is 2. The maximum atomic E-state index is 11.7. The van der Waals surface area contributed by atoms with E-state index in [-0.39, 0.29) is 12.5 Å². The van der Waals surface area contributed by atoms with E-state index in [9.17, 15) is 4.79 Å². The van der Waals surface area contributed by atoms with Crippen LogP contribution in [0.3, 0.4) is 0 Å². The Kier molecular flexibility index (Phi) is 5.70. The lowest BCUT2D eigenvalue weighted by Gasteiger charge is -2.07. The zero-order valence-electron chi connectivity index (χ0n) is 10.6. The Morgan fingerprint density at radius 3 is 2.53 bits per heavy atom. The minimum atomic E-state index is -0.511. The lowest BCUT2D eigenvalue weighted by atomic mass is 10.1. The Balaban J connectivity index is 2.51. The molecule has 94 valence electrons. The lowest BCUT2D eigenvalue weighted by molar-refractivity contribution is 0.0924. The zero-order chi connectivity index (χ0) is 12.7. The van der Waals surface area contributed by atoms with Crippen LogP contribution in [0.1, 0.15) is 42.6 Å². The van der Waals surface area contributed by atoms with Crippen molar-refractivity contribution in [3.05, 3.63) is 35.4 Å². The van der Waals surface area contributed by atoms with E-state index in [1.807, 2.05) is 24.3 Å². The fourth-order valence-electron chi connectivity index (χ4n) is 1.55. The fourth-order valence-corrected chi connectivity index (χ4v) is 1.55. The number of aryl methyl sites for hydroxylation is 1. The average Bonchev–Trinajstić information content (AvgIpc) is 2.34. The van der Waals surface area contributed by atoms with Crippen molar-refractivity contribution in [1.29, 1.82) is 0 Å². The van der Waals surface area contributed by atoms with E-state index in [2.05, 4.69) is 12.2 Å². The quantitative estimate of drug-likeness (QED) is 0.793. The van der Waals surface area contributed by atoms with E-state index < -0.39 is 6.10 Å². The van der Waals surface area contributed by atoms with E-state index in [0.29, 0.717) is 5.56 Å². The summed E-state index contributed by atoms with van der Waals surface area (Å²) in [5.41, 5.74) is 1.91. The zero-order valence-corrected chi connectivity index (χ0v) is 10.6. The summed E-state index contributed by atoms with van der Waals surface area (Å²) in [5, 5.41) is 11.7. The van der Waals surface area contributed by atoms with Crippen molar-refractivity contribution in [2.45, 2.75) is 39.2 Å².